The van der Waals surface area contributed by atoms with E-state index in [9.17, 15) is 4.79 Å². The summed E-state index contributed by atoms with van der Waals surface area (Å²) in [6.07, 6.45) is 15.1. The van der Waals surface area contributed by atoms with Gasteiger partial charge < -0.3 is 0 Å². The molecule has 0 bridgehead atoms. The molecule has 0 aromatic heterocycles. The van der Waals surface area contributed by atoms with Crippen molar-refractivity contribution in [2.75, 3.05) is 0 Å². The van der Waals surface area contributed by atoms with Gasteiger partial charge in [-0.1, -0.05) is 71.6 Å². The highest BCUT2D eigenvalue weighted by Crippen LogP contribution is 2.23. The minimum Gasteiger partial charge on any atom is -0.300 e. The second-order valence-electron chi connectivity index (χ2n) is 6.42. The summed E-state index contributed by atoms with van der Waals surface area (Å²) in [5.74, 6) is 1.81. The van der Waals surface area contributed by atoms with Crippen LogP contribution in [-0.2, 0) is 4.79 Å². The molecular weight excluding hydrogens is 220 g/mol. The van der Waals surface area contributed by atoms with Gasteiger partial charge in [-0.2, -0.15) is 0 Å². The first kappa shape index (κ1) is 15.7. The molecule has 0 aromatic rings. The van der Waals surface area contributed by atoms with Crippen LogP contribution in [0, 0.1) is 11.8 Å². The monoisotopic (exact) mass is 252 g/mol. The molecule has 0 amide bonds. The van der Waals surface area contributed by atoms with Crippen molar-refractivity contribution in [1.82, 2.24) is 0 Å². The van der Waals surface area contributed by atoms with Crippen molar-refractivity contribution in [3.63, 3.8) is 0 Å². The molecule has 0 heterocycles. The van der Waals surface area contributed by atoms with Crippen molar-refractivity contribution in [2.24, 2.45) is 11.8 Å². The maximum Gasteiger partial charge on any atom is 0.133 e. The van der Waals surface area contributed by atoms with Gasteiger partial charge in [0, 0.05) is 12.8 Å². The van der Waals surface area contributed by atoms with Gasteiger partial charge in [-0.3, -0.25) is 4.79 Å². The summed E-state index contributed by atoms with van der Waals surface area (Å²) in [6.45, 7) is 4.59. The van der Waals surface area contributed by atoms with E-state index in [1.165, 1.54) is 57.8 Å². The van der Waals surface area contributed by atoms with E-state index in [1.54, 1.807) is 0 Å². The Balaban J connectivity index is 2.34. The number of hydrogen-bond acceptors (Lipinski definition) is 1. The fraction of sp³-hybridized carbons (Fsp3) is 0.941. The van der Waals surface area contributed by atoms with E-state index in [1.807, 2.05) is 0 Å². The Hall–Kier alpha value is -0.330. The van der Waals surface area contributed by atoms with E-state index in [2.05, 4.69) is 13.8 Å². The molecule has 1 saturated carbocycles. The summed E-state index contributed by atoms with van der Waals surface area (Å²) >= 11 is 0. The normalized spacial score (nSPS) is 30.4. The molecule has 1 aliphatic rings. The van der Waals surface area contributed by atoms with Gasteiger partial charge in [0.1, 0.15) is 5.78 Å². The Kier molecular flexibility index (Phi) is 8.37. The third-order valence-corrected chi connectivity index (χ3v) is 4.64. The lowest BCUT2D eigenvalue weighted by molar-refractivity contribution is -0.120. The maximum atomic E-state index is 11.9. The lowest BCUT2D eigenvalue weighted by Crippen LogP contribution is -2.13. The Morgan fingerprint density at radius 3 is 1.83 bits per heavy atom. The fourth-order valence-corrected chi connectivity index (χ4v) is 2.97. The summed E-state index contributed by atoms with van der Waals surface area (Å²) in [5.41, 5.74) is 0. The Morgan fingerprint density at radius 1 is 0.722 bits per heavy atom. The number of carbonyl (C=O) groups is 1. The summed E-state index contributed by atoms with van der Waals surface area (Å²) in [4.78, 5) is 11.9. The lowest BCUT2D eigenvalue weighted by Gasteiger charge is -2.19. The van der Waals surface area contributed by atoms with Crippen LogP contribution in [0.15, 0.2) is 0 Å². The van der Waals surface area contributed by atoms with E-state index in [0.717, 1.165) is 25.2 Å². The van der Waals surface area contributed by atoms with Crippen LogP contribution in [0.5, 0.6) is 0 Å². The predicted octanol–water partition coefficient (Wildman–Crippen LogP) is 5.52. The summed E-state index contributed by atoms with van der Waals surface area (Å²) in [6, 6.07) is 0. The summed E-state index contributed by atoms with van der Waals surface area (Å²) in [5, 5.41) is 0. The van der Waals surface area contributed by atoms with E-state index in [4.69, 9.17) is 0 Å². The third kappa shape index (κ3) is 7.18. The van der Waals surface area contributed by atoms with Crippen LogP contribution in [0.1, 0.15) is 90.9 Å². The highest BCUT2D eigenvalue weighted by atomic mass is 16.1. The molecule has 0 aliphatic heterocycles. The highest BCUT2D eigenvalue weighted by Gasteiger charge is 2.15. The first-order chi connectivity index (χ1) is 8.70. The SMILES string of the molecule is CC1CCCCCCCCCCCC(=O)CC1C. The minimum atomic E-state index is 0.504. The van der Waals surface area contributed by atoms with Crippen molar-refractivity contribution in [3.8, 4) is 0 Å². The standard InChI is InChI=1S/C17H32O/c1-15-12-10-8-6-4-3-5-7-9-11-13-17(18)14-16(15)2/h15-16H,3-14H2,1-2H3. The molecule has 106 valence electrons. The largest absolute Gasteiger partial charge is 0.300 e. The van der Waals surface area contributed by atoms with Gasteiger partial charge in [0.05, 0.1) is 0 Å². The first-order valence-corrected chi connectivity index (χ1v) is 8.22. The average Bonchev–Trinajstić information content (AvgIpc) is 2.34. The van der Waals surface area contributed by atoms with E-state index < -0.39 is 0 Å². The first-order valence-electron chi connectivity index (χ1n) is 8.22. The van der Waals surface area contributed by atoms with Crippen LogP contribution in [-0.4, -0.2) is 5.78 Å². The van der Waals surface area contributed by atoms with Gasteiger partial charge in [-0.15, -0.1) is 0 Å². The van der Waals surface area contributed by atoms with Crippen LogP contribution < -0.4 is 0 Å². The van der Waals surface area contributed by atoms with E-state index >= 15 is 0 Å². The molecule has 18 heavy (non-hydrogen) atoms. The predicted molar refractivity (Wildman–Crippen MR) is 78.7 cm³/mol. The van der Waals surface area contributed by atoms with Crippen LogP contribution in [0.4, 0.5) is 0 Å². The van der Waals surface area contributed by atoms with Crippen LogP contribution in [0.3, 0.4) is 0 Å². The number of carbonyl (C=O) groups excluding carboxylic acids is 1. The third-order valence-electron chi connectivity index (χ3n) is 4.64. The van der Waals surface area contributed by atoms with Gasteiger partial charge in [0.25, 0.3) is 0 Å². The van der Waals surface area contributed by atoms with Crippen LogP contribution in [0.25, 0.3) is 0 Å². The van der Waals surface area contributed by atoms with Crippen molar-refractivity contribution >= 4 is 5.78 Å². The van der Waals surface area contributed by atoms with Crippen molar-refractivity contribution in [2.45, 2.75) is 90.9 Å². The Labute approximate surface area is 114 Å². The molecule has 1 rings (SSSR count). The number of ketones is 1. The van der Waals surface area contributed by atoms with Crippen LogP contribution >= 0.6 is 0 Å². The van der Waals surface area contributed by atoms with Crippen molar-refractivity contribution in [3.05, 3.63) is 0 Å². The molecule has 1 aliphatic carbocycles. The molecule has 1 heteroatoms. The van der Waals surface area contributed by atoms with Gasteiger partial charge in [-0.25, -0.2) is 0 Å². The molecule has 1 fully saturated rings. The fourth-order valence-electron chi connectivity index (χ4n) is 2.97. The molecule has 0 N–H and O–H groups in total. The zero-order valence-corrected chi connectivity index (χ0v) is 12.5. The van der Waals surface area contributed by atoms with Crippen molar-refractivity contribution in [1.29, 1.82) is 0 Å². The quantitative estimate of drug-likeness (QED) is 0.554. The Morgan fingerprint density at radius 2 is 1.22 bits per heavy atom. The van der Waals surface area contributed by atoms with Gasteiger partial charge in [0.15, 0.2) is 0 Å². The number of hydrogen-bond donors (Lipinski definition) is 0. The highest BCUT2D eigenvalue weighted by molar-refractivity contribution is 5.78. The van der Waals surface area contributed by atoms with Crippen LogP contribution in [0.2, 0.25) is 0 Å². The van der Waals surface area contributed by atoms with Gasteiger partial charge in [-0.05, 0) is 18.3 Å². The van der Waals surface area contributed by atoms with E-state index in [0.29, 0.717) is 11.7 Å². The molecule has 0 radical (unpaired) electrons. The molecule has 2 unspecified atom stereocenters. The zero-order chi connectivity index (χ0) is 13.2. The van der Waals surface area contributed by atoms with Gasteiger partial charge >= 0.3 is 0 Å². The topological polar surface area (TPSA) is 17.1 Å². The summed E-state index contributed by atoms with van der Waals surface area (Å²) in [7, 11) is 0. The second kappa shape index (κ2) is 9.58. The van der Waals surface area contributed by atoms with Crippen molar-refractivity contribution < 1.29 is 4.79 Å². The second-order valence-corrected chi connectivity index (χ2v) is 6.42. The molecule has 0 aromatic carbocycles. The summed E-state index contributed by atoms with van der Waals surface area (Å²) < 4.78 is 0. The number of rotatable bonds is 0. The zero-order valence-electron chi connectivity index (χ0n) is 12.5. The maximum absolute atomic E-state index is 11.9. The molecule has 0 saturated heterocycles. The average molecular weight is 252 g/mol. The smallest absolute Gasteiger partial charge is 0.133 e. The number of Topliss-reactive ketones (excluding diaryl/α,β-unsaturated/α-hetero) is 1. The molecule has 0 spiro atoms. The van der Waals surface area contributed by atoms with E-state index in [-0.39, 0.29) is 0 Å². The van der Waals surface area contributed by atoms with Gasteiger partial charge in [0.2, 0.25) is 0 Å². The minimum absolute atomic E-state index is 0.504. The molecular formula is C17H32O. The molecule has 2 atom stereocenters. The molecule has 1 nitrogen and oxygen atoms in total. The lowest BCUT2D eigenvalue weighted by atomic mass is 9.86. The Bertz CT molecular complexity index is 222.